The molecule has 19 nitrogen and oxygen atoms in total. The molecule has 0 spiro atoms. The van der Waals surface area contributed by atoms with Crippen LogP contribution in [-0.2, 0) is 44.1 Å². The molecule has 1 aromatic carbocycles. The number of alkyl halides is 3. The SMILES string of the molecule is NCC1O[C@H](O[C@H]2[C@@H](O)[C@H](O[C@@H]3[C@@H](O)[C@H](N)C[C@H](N)[C@@H]3O[C@H]3O[C@@H]4COC(c5ccc(C(F)(F)F)cc5)O[C@H]4[C@H](O)[C@H]3N)O[C@@H]2CO)[C@H](N)[C@@H](O)[C@@H]1O. The third kappa shape index (κ3) is 8.23. The lowest BCUT2D eigenvalue weighted by molar-refractivity contribution is -0.356. The van der Waals surface area contributed by atoms with Gasteiger partial charge in [0, 0.05) is 24.2 Å². The van der Waals surface area contributed by atoms with Crippen molar-refractivity contribution >= 4 is 0 Å². The molecule has 0 bridgehead atoms. The Kier molecular flexibility index (Phi) is 12.6. The highest BCUT2D eigenvalue weighted by Crippen LogP contribution is 2.38. The van der Waals surface area contributed by atoms with Gasteiger partial charge in [-0.25, -0.2) is 0 Å². The Hall–Kier alpha value is -1.75. The van der Waals surface area contributed by atoms with Crippen LogP contribution < -0.4 is 28.7 Å². The first-order valence-corrected chi connectivity index (χ1v) is 17.1. The van der Waals surface area contributed by atoms with Crippen LogP contribution in [0.3, 0.4) is 0 Å². The Labute approximate surface area is 300 Å². The molecule has 5 fully saturated rings. The average molecular weight is 772 g/mol. The molecule has 53 heavy (non-hydrogen) atoms. The second-order valence-corrected chi connectivity index (χ2v) is 13.9. The summed E-state index contributed by atoms with van der Waals surface area (Å²) >= 11 is 0. The number of benzene rings is 1. The van der Waals surface area contributed by atoms with Gasteiger partial charge in [-0.05, 0) is 18.6 Å². The zero-order valence-corrected chi connectivity index (χ0v) is 28.2. The highest BCUT2D eigenvalue weighted by atomic mass is 19.4. The van der Waals surface area contributed by atoms with Gasteiger partial charge in [0.25, 0.3) is 0 Å². The first-order chi connectivity index (χ1) is 25.0. The second-order valence-electron chi connectivity index (χ2n) is 13.9. The Morgan fingerprint density at radius 3 is 1.92 bits per heavy atom. The lowest BCUT2D eigenvalue weighted by Crippen LogP contribution is -2.69. The van der Waals surface area contributed by atoms with Crippen LogP contribution in [0.25, 0.3) is 0 Å². The van der Waals surface area contributed by atoms with Crippen LogP contribution >= 0.6 is 0 Å². The van der Waals surface area contributed by atoms with Crippen molar-refractivity contribution in [3.05, 3.63) is 35.4 Å². The highest BCUT2D eigenvalue weighted by molar-refractivity contribution is 5.25. The first kappa shape index (κ1) is 40.9. The quantitative estimate of drug-likeness (QED) is 0.112. The Balaban J connectivity index is 1.12. The summed E-state index contributed by atoms with van der Waals surface area (Å²) in [5, 5.41) is 64.2. The van der Waals surface area contributed by atoms with Crippen molar-refractivity contribution in [3.8, 4) is 0 Å². The monoisotopic (exact) mass is 771 g/mol. The van der Waals surface area contributed by atoms with E-state index in [-0.39, 0.29) is 25.1 Å². The van der Waals surface area contributed by atoms with Gasteiger partial charge in [0.1, 0.15) is 67.1 Å². The molecule has 16 N–H and O–H groups in total. The fourth-order valence-corrected chi connectivity index (χ4v) is 7.21. The summed E-state index contributed by atoms with van der Waals surface area (Å²) in [5.41, 5.74) is 30.0. The van der Waals surface area contributed by atoms with Gasteiger partial charge in [0.15, 0.2) is 25.2 Å². The van der Waals surface area contributed by atoms with Gasteiger partial charge in [-0.3, -0.25) is 0 Å². The lowest BCUT2D eigenvalue weighted by atomic mass is 9.84. The smallest absolute Gasteiger partial charge is 0.394 e. The number of ether oxygens (including phenoxy) is 8. The molecule has 0 radical (unpaired) electrons. The fourth-order valence-electron chi connectivity index (χ4n) is 7.21. The molecule has 1 aromatic rings. The van der Waals surface area contributed by atoms with Gasteiger partial charge in [-0.1, -0.05) is 12.1 Å². The standard InChI is InChI=1S/C31H48F3N5O14/c32-31(33,34)10-3-1-9(2-4-10)27-46-8-15-25(51-27)21(44)17(39)29(49-15)50-23-12(37)5-11(36)18(41)26(23)53-30-22(45)24(14(7-40)48-30)52-28-16(38)20(43)19(42)13(6-35)47-28/h1-4,11-30,40-45H,5-8,35-39H2/t11-,12+,13?,14-,15-,16-,17-,18+,19-,20-,21-,22-,23+,24-,25-,26-,27?,28-,29-,30+/m1/s1. The van der Waals surface area contributed by atoms with Crippen molar-refractivity contribution in [2.45, 2.75) is 135 Å². The minimum atomic E-state index is -4.54. The van der Waals surface area contributed by atoms with E-state index in [4.69, 9.17) is 66.6 Å². The van der Waals surface area contributed by atoms with Crippen LogP contribution in [0.4, 0.5) is 13.2 Å². The van der Waals surface area contributed by atoms with Gasteiger partial charge in [0.05, 0.1) is 37.0 Å². The molecular formula is C31H48F3N5O14. The van der Waals surface area contributed by atoms with Crippen LogP contribution in [0.15, 0.2) is 24.3 Å². The van der Waals surface area contributed by atoms with E-state index < -0.39 is 141 Å². The van der Waals surface area contributed by atoms with E-state index in [1.54, 1.807) is 0 Å². The predicted molar refractivity (Wildman–Crippen MR) is 168 cm³/mol. The maximum Gasteiger partial charge on any atom is 0.416 e. The summed E-state index contributed by atoms with van der Waals surface area (Å²) in [6.45, 7) is -1.05. The van der Waals surface area contributed by atoms with Crippen LogP contribution in [0.5, 0.6) is 0 Å². The Bertz CT molecular complexity index is 1360. The van der Waals surface area contributed by atoms with E-state index >= 15 is 0 Å². The number of hydrogen-bond donors (Lipinski definition) is 11. The van der Waals surface area contributed by atoms with Gasteiger partial charge >= 0.3 is 6.18 Å². The molecule has 20 atom stereocenters. The first-order valence-electron chi connectivity index (χ1n) is 17.1. The van der Waals surface area contributed by atoms with E-state index in [9.17, 15) is 43.8 Å². The minimum absolute atomic E-state index is 0.0375. The maximum atomic E-state index is 13.0. The summed E-state index contributed by atoms with van der Waals surface area (Å²) in [4.78, 5) is 0. The summed E-state index contributed by atoms with van der Waals surface area (Å²) in [7, 11) is 0. The summed E-state index contributed by atoms with van der Waals surface area (Å²) in [5.74, 6) is 0. The molecule has 6 rings (SSSR count). The van der Waals surface area contributed by atoms with Crippen molar-refractivity contribution in [2.75, 3.05) is 19.8 Å². The van der Waals surface area contributed by atoms with Crippen LogP contribution in [-0.4, -0.2) is 167 Å². The van der Waals surface area contributed by atoms with Crippen LogP contribution in [0.2, 0.25) is 0 Å². The molecule has 1 saturated carbocycles. The number of hydrogen-bond acceptors (Lipinski definition) is 19. The van der Waals surface area contributed by atoms with E-state index in [1.165, 1.54) is 12.1 Å². The lowest BCUT2D eigenvalue weighted by Gasteiger charge is -2.49. The molecule has 4 saturated heterocycles. The zero-order chi connectivity index (χ0) is 38.5. The van der Waals surface area contributed by atoms with Crippen molar-refractivity contribution in [1.29, 1.82) is 0 Å². The fraction of sp³-hybridized carbons (Fsp3) is 0.806. The van der Waals surface area contributed by atoms with Crippen molar-refractivity contribution in [3.63, 3.8) is 0 Å². The van der Waals surface area contributed by atoms with Crippen molar-refractivity contribution in [2.24, 2.45) is 28.7 Å². The van der Waals surface area contributed by atoms with E-state index in [0.717, 1.165) is 12.1 Å². The maximum absolute atomic E-state index is 13.0. The average Bonchev–Trinajstić information content (AvgIpc) is 3.43. The molecule has 1 aliphatic carbocycles. The van der Waals surface area contributed by atoms with E-state index in [0.29, 0.717) is 0 Å². The Morgan fingerprint density at radius 1 is 0.679 bits per heavy atom. The summed E-state index contributed by atoms with van der Waals surface area (Å²) in [6.07, 6.45) is -25.7. The third-order valence-corrected chi connectivity index (χ3v) is 10.3. The third-order valence-electron chi connectivity index (χ3n) is 10.3. The normalized spacial score (nSPS) is 48.0. The topological polar surface area (TPSA) is 325 Å². The number of halogens is 3. The molecule has 0 aromatic heterocycles. The molecule has 5 aliphatic rings. The predicted octanol–water partition coefficient (Wildman–Crippen LogP) is -5.08. The molecule has 4 aliphatic heterocycles. The van der Waals surface area contributed by atoms with Gasteiger partial charge < -0.3 is 97.2 Å². The number of rotatable bonds is 9. The molecule has 302 valence electrons. The highest BCUT2D eigenvalue weighted by Gasteiger charge is 2.55. The number of nitrogens with two attached hydrogens (primary N) is 5. The van der Waals surface area contributed by atoms with Crippen molar-refractivity contribution < 1.29 is 81.7 Å². The Morgan fingerprint density at radius 2 is 1.28 bits per heavy atom. The number of aliphatic hydroxyl groups excluding tert-OH is 6. The molecule has 22 heteroatoms. The van der Waals surface area contributed by atoms with Crippen molar-refractivity contribution in [1.82, 2.24) is 0 Å². The number of fused-ring (bicyclic) bond motifs is 1. The molecule has 4 heterocycles. The molecule has 0 amide bonds. The summed E-state index contributed by atoms with van der Waals surface area (Å²) in [6, 6.07) is -0.244. The zero-order valence-electron chi connectivity index (χ0n) is 28.2. The minimum Gasteiger partial charge on any atom is -0.394 e. The molecule has 2 unspecified atom stereocenters. The van der Waals surface area contributed by atoms with E-state index in [2.05, 4.69) is 0 Å². The van der Waals surface area contributed by atoms with Gasteiger partial charge in [-0.15, -0.1) is 0 Å². The van der Waals surface area contributed by atoms with Gasteiger partial charge in [-0.2, -0.15) is 13.2 Å². The number of aliphatic hydroxyl groups is 6. The van der Waals surface area contributed by atoms with Gasteiger partial charge in [0.2, 0.25) is 0 Å². The summed E-state index contributed by atoms with van der Waals surface area (Å²) < 4.78 is 86.1. The molecular weight excluding hydrogens is 723 g/mol. The largest absolute Gasteiger partial charge is 0.416 e. The second kappa shape index (κ2) is 16.4. The van der Waals surface area contributed by atoms with E-state index in [1.807, 2.05) is 0 Å². The van der Waals surface area contributed by atoms with Crippen LogP contribution in [0.1, 0.15) is 23.8 Å². The van der Waals surface area contributed by atoms with Crippen LogP contribution in [0, 0.1) is 0 Å².